The first-order valence-electron chi connectivity index (χ1n) is 6.78. The second kappa shape index (κ2) is 3.93. The van der Waals surface area contributed by atoms with Crippen molar-refractivity contribution in [2.24, 2.45) is 0 Å². The lowest BCUT2D eigenvalue weighted by Gasteiger charge is -2.21. The summed E-state index contributed by atoms with van der Waals surface area (Å²) in [5, 5.41) is 2.23. The quantitative estimate of drug-likeness (QED) is 0.710. The first-order chi connectivity index (χ1) is 9.72. The average Bonchev–Trinajstić information content (AvgIpc) is 2.72. The fourth-order valence-corrected chi connectivity index (χ4v) is 3.32. The number of methoxy groups -OCH3 is 1. The summed E-state index contributed by atoms with van der Waals surface area (Å²) < 4.78 is 7.48. The van der Waals surface area contributed by atoms with Gasteiger partial charge < -0.3 is 9.30 Å². The van der Waals surface area contributed by atoms with Crippen LogP contribution in [0.3, 0.4) is 0 Å². The molecule has 1 aromatic heterocycles. The van der Waals surface area contributed by atoms with Gasteiger partial charge in [0.05, 0.1) is 11.0 Å². The largest absolute Gasteiger partial charge is 0.364 e. The van der Waals surface area contributed by atoms with Crippen LogP contribution in [0.2, 0.25) is 0 Å². The highest BCUT2D eigenvalue weighted by atomic mass is 16.5. The van der Waals surface area contributed by atoms with Crippen molar-refractivity contribution in [2.45, 2.75) is 20.1 Å². The van der Waals surface area contributed by atoms with Crippen molar-refractivity contribution < 1.29 is 9.53 Å². The van der Waals surface area contributed by atoms with E-state index in [9.17, 15) is 4.79 Å². The van der Waals surface area contributed by atoms with Crippen LogP contribution in [0, 0.1) is 6.92 Å². The molecule has 0 spiro atoms. The minimum atomic E-state index is 0.258. The Balaban J connectivity index is 2.25. The van der Waals surface area contributed by atoms with E-state index in [0.29, 0.717) is 13.2 Å². The predicted octanol–water partition coefficient (Wildman–Crippen LogP) is 3.45. The molecule has 0 fully saturated rings. The van der Waals surface area contributed by atoms with Crippen molar-refractivity contribution in [1.82, 2.24) is 4.57 Å². The Labute approximate surface area is 116 Å². The molecule has 4 rings (SSSR count). The molecule has 0 saturated carbocycles. The zero-order chi connectivity index (χ0) is 13.9. The number of para-hydroxylation sites is 1. The Morgan fingerprint density at radius 2 is 2.05 bits per heavy atom. The van der Waals surface area contributed by atoms with Crippen molar-refractivity contribution in [1.29, 1.82) is 0 Å². The standard InChI is InChI=1S/C17H15NO2/c1-10-7-14-16(17-12(10)8-15(17)19)11-5-3-4-6-13(11)18(14)9-20-2/h3-7H,8-9H2,1-2H3. The number of aryl methyl sites for hydroxylation is 1. The number of nitrogens with zero attached hydrogens (tertiary/aromatic N) is 1. The highest BCUT2D eigenvalue weighted by molar-refractivity contribution is 6.23. The summed E-state index contributed by atoms with van der Waals surface area (Å²) in [5.41, 5.74) is 5.55. The van der Waals surface area contributed by atoms with Gasteiger partial charge in [0.1, 0.15) is 6.73 Å². The summed E-state index contributed by atoms with van der Waals surface area (Å²) in [4.78, 5) is 12.1. The van der Waals surface area contributed by atoms with Gasteiger partial charge in [-0.15, -0.1) is 0 Å². The van der Waals surface area contributed by atoms with E-state index in [-0.39, 0.29) is 5.78 Å². The molecule has 0 amide bonds. The number of hydrogen-bond acceptors (Lipinski definition) is 2. The van der Waals surface area contributed by atoms with E-state index in [1.807, 2.05) is 12.1 Å². The topological polar surface area (TPSA) is 31.2 Å². The summed E-state index contributed by atoms with van der Waals surface area (Å²) in [6.07, 6.45) is 0.584. The van der Waals surface area contributed by atoms with Crippen LogP contribution < -0.4 is 0 Å². The minimum absolute atomic E-state index is 0.258. The van der Waals surface area contributed by atoms with Crippen LogP contribution in [0.5, 0.6) is 0 Å². The molecule has 0 bridgehead atoms. The van der Waals surface area contributed by atoms with Gasteiger partial charge in [0.2, 0.25) is 0 Å². The molecule has 1 aliphatic rings. The Morgan fingerprint density at radius 3 is 2.80 bits per heavy atom. The number of ether oxygens (including phenoxy) is 1. The molecule has 3 nitrogen and oxygen atoms in total. The number of carbonyl (C=O) groups excluding carboxylic acids is 1. The number of fused-ring (bicyclic) bond motifs is 5. The first kappa shape index (κ1) is 11.7. The zero-order valence-electron chi connectivity index (χ0n) is 11.6. The first-order valence-corrected chi connectivity index (χ1v) is 6.78. The maximum Gasteiger partial charge on any atom is 0.168 e. The highest BCUT2D eigenvalue weighted by Gasteiger charge is 2.30. The van der Waals surface area contributed by atoms with Gasteiger partial charge >= 0.3 is 0 Å². The van der Waals surface area contributed by atoms with Crippen molar-refractivity contribution >= 4 is 27.6 Å². The van der Waals surface area contributed by atoms with Gasteiger partial charge in [0.25, 0.3) is 0 Å². The predicted molar refractivity (Wildman–Crippen MR) is 79.2 cm³/mol. The van der Waals surface area contributed by atoms with Crippen LogP contribution in [0.4, 0.5) is 0 Å². The third-order valence-electron chi connectivity index (χ3n) is 4.27. The molecule has 1 heterocycles. The summed E-state index contributed by atoms with van der Waals surface area (Å²) in [6, 6.07) is 10.4. The molecule has 3 aromatic rings. The lowest BCUT2D eigenvalue weighted by atomic mass is 9.81. The van der Waals surface area contributed by atoms with Crippen molar-refractivity contribution in [2.75, 3.05) is 7.11 Å². The summed E-state index contributed by atoms with van der Waals surface area (Å²) in [7, 11) is 1.69. The number of hydrogen-bond donors (Lipinski definition) is 0. The van der Waals surface area contributed by atoms with E-state index >= 15 is 0 Å². The molecule has 0 atom stereocenters. The van der Waals surface area contributed by atoms with Gasteiger partial charge in [-0.25, -0.2) is 0 Å². The van der Waals surface area contributed by atoms with E-state index < -0.39 is 0 Å². The molecule has 0 N–H and O–H groups in total. The van der Waals surface area contributed by atoms with Crippen LogP contribution in [0.1, 0.15) is 21.5 Å². The van der Waals surface area contributed by atoms with Crippen molar-refractivity contribution in [3.8, 4) is 0 Å². The zero-order valence-corrected chi connectivity index (χ0v) is 11.6. The SMILES string of the molecule is COCn1c2ccccc2c2c3c(c(C)cc21)CC3=O. The lowest BCUT2D eigenvalue weighted by molar-refractivity contribution is 0.0969. The molecular formula is C17H15NO2. The second-order valence-electron chi connectivity index (χ2n) is 5.40. The fraction of sp³-hybridized carbons (Fsp3) is 0.235. The van der Waals surface area contributed by atoms with Gasteiger partial charge in [0, 0.05) is 29.9 Å². The Hall–Kier alpha value is -2.13. The molecule has 3 heteroatoms. The van der Waals surface area contributed by atoms with Gasteiger partial charge in [-0.2, -0.15) is 0 Å². The maximum atomic E-state index is 12.1. The summed E-state index contributed by atoms with van der Waals surface area (Å²) >= 11 is 0. The van der Waals surface area contributed by atoms with Gasteiger partial charge in [-0.3, -0.25) is 4.79 Å². The highest BCUT2D eigenvalue weighted by Crippen LogP contribution is 2.39. The van der Waals surface area contributed by atoms with Crippen LogP contribution in [-0.4, -0.2) is 17.5 Å². The molecule has 0 aliphatic heterocycles. The summed E-state index contributed by atoms with van der Waals surface area (Å²) in [6.45, 7) is 2.58. The molecule has 1 aliphatic carbocycles. The van der Waals surface area contributed by atoms with Crippen LogP contribution >= 0.6 is 0 Å². The Bertz CT molecular complexity index is 874. The molecule has 0 radical (unpaired) electrons. The number of benzene rings is 2. The number of ketones is 1. The van der Waals surface area contributed by atoms with Gasteiger partial charge in [-0.1, -0.05) is 18.2 Å². The lowest BCUT2D eigenvalue weighted by Crippen LogP contribution is -2.20. The summed E-state index contributed by atoms with van der Waals surface area (Å²) in [5.74, 6) is 0.258. The van der Waals surface area contributed by atoms with E-state index in [0.717, 1.165) is 27.4 Å². The van der Waals surface area contributed by atoms with Gasteiger partial charge in [0.15, 0.2) is 5.78 Å². The molecule has 100 valence electrons. The normalized spacial score (nSPS) is 13.8. The molecule has 20 heavy (non-hydrogen) atoms. The van der Waals surface area contributed by atoms with Gasteiger partial charge in [-0.05, 0) is 30.2 Å². The average molecular weight is 265 g/mol. The third kappa shape index (κ3) is 1.30. The third-order valence-corrected chi connectivity index (χ3v) is 4.27. The number of carbonyl (C=O) groups is 1. The van der Waals surface area contributed by atoms with E-state index in [1.165, 1.54) is 11.1 Å². The maximum absolute atomic E-state index is 12.1. The van der Waals surface area contributed by atoms with E-state index in [4.69, 9.17) is 4.74 Å². The Kier molecular flexibility index (Phi) is 2.30. The van der Waals surface area contributed by atoms with Crippen molar-refractivity contribution in [3.63, 3.8) is 0 Å². The number of rotatable bonds is 2. The fourth-order valence-electron chi connectivity index (χ4n) is 3.32. The monoisotopic (exact) mass is 265 g/mol. The van der Waals surface area contributed by atoms with Crippen molar-refractivity contribution in [3.05, 3.63) is 47.0 Å². The molecule has 0 saturated heterocycles. The molecule has 2 aromatic carbocycles. The van der Waals surface area contributed by atoms with Crippen LogP contribution in [-0.2, 0) is 17.9 Å². The van der Waals surface area contributed by atoms with E-state index in [2.05, 4.69) is 29.7 Å². The second-order valence-corrected chi connectivity index (χ2v) is 5.40. The smallest absolute Gasteiger partial charge is 0.168 e. The Morgan fingerprint density at radius 1 is 1.25 bits per heavy atom. The molecule has 0 unspecified atom stereocenters. The number of aromatic nitrogens is 1. The van der Waals surface area contributed by atoms with Crippen LogP contribution in [0.15, 0.2) is 30.3 Å². The van der Waals surface area contributed by atoms with E-state index in [1.54, 1.807) is 7.11 Å². The minimum Gasteiger partial charge on any atom is -0.364 e. The number of Topliss-reactive ketones (excluding diaryl/α,β-unsaturated/α-hetero) is 1. The van der Waals surface area contributed by atoms with Crippen LogP contribution in [0.25, 0.3) is 21.8 Å². The molecular weight excluding hydrogens is 250 g/mol.